The molecule has 30 heavy (non-hydrogen) atoms. The van der Waals surface area contributed by atoms with Gasteiger partial charge in [-0.2, -0.15) is 0 Å². The zero-order valence-electron chi connectivity index (χ0n) is 15.8. The summed E-state index contributed by atoms with van der Waals surface area (Å²) in [5.74, 6) is -0.0982. The monoisotopic (exact) mass is 447 g/mol. The van der Waals surface area contributed by atoms with E-state index in [0.717, 1.165) is 12.8 Å². The Bertz CT molecular complexity index is 1080. The molecule has 5 N–H and O–H groups in total. The van der Waals surface area contributed by atoms with Gasteiger partial charge in [0.15, 0.2) is 5.82 Å². The maximum Gasteiger partial charge on any atom is 0.306 e. The Balaban J connectivity index is 1.56. The van der Waals surface area contributed by atoms with Crippen molar-refractivity contribution in [3.8, 4) is 0 Å². The number of carboxylic acid groups (broad SMARTS) is 1. The van der Waals surface area contributed by atoms with Crippen molar-refractivity contribution in [2.24, 2.45) is 5.92 Å². The first-order valence-corrected chi connectivity index (χ1v) is 10.1. The smallest absolute Gasteiger partial charge is 0.306 e. The van der Waals surface area contributed by atoms with Crippen molar-refractivity contribution in [2.45, 2.75) is 31.7 Å². The van der Waals surface area contributed by atoms with Gasteiger partial charge in [0.05, 0.1) is 27.8 Å². The molecule has 0 atom stereocenters. The summed E-state index contributed by atoms with van der Waals surface area (Å²) >= 11 is 12.2. The van der Waals surface area contributed by atoms with E-state index in [9.17, 15) is 4.79 Å². The van der Waals surface area contributed by atoms with Crippen molar-refractivity contribution in [1.29, 1.82) is 0 Å². The number of hydrogen-bond donors (Lipinski definition) is 4. The van der Waals surface area contributed by atoms with Crippen molar-refractivity contribution in [3.63, 3.8) is 0 Å². The van der Waals surface area contributed by atoms with E-state index < -0.39 is 5.97 Å². The van der Waals surface area contributed by atoms with Gasteiger partial charge in [0.1, 0.15) is 17.4 Å². The first kappa shape index (κ1) is 20.4. The second kappa shape index (κ2) is 8.45. The third-order valence-electron chi connectivity index (χ3n) is 5.13. The molecular formula is C19H19Cl2N7O2. The average Bonchev–Trinajstić information content (AvgIpc) is 2.73. The van der Waals surface area contributed by atoms with Crippen LogP contribution in [0.4, 0.5) is 23.1 Å². The maximum absolute atomic E-state index is 11.1. The topological polar surface area (TPSA) is 139 Å². The summed E-state index contributed by atoms with van der Waals surface area (Å²) in [6, 6.07) is 3.42. The predicted octanol–water partition coefficient (Wildman–Crippen LogP) is 4.11. The molecule has 1 aromatic carbocycles. The zero-order chi connectivity index (χ0) is 21.3. The third-order valence-corrected chi connectivity index (χ3v) is 5.75. The number of anilines is 4. The number of benzene rings is 1. The van der Waals surface area contributed by atoms with Crippen LogP contribution < -0.4 is 16.4 Å². The summed E-state index contributed by atoms with van der Waals surface area (Å²) in [4.78, 5) is 28.5. The number of rotatable bonds is 5. The molecule has 11 heteroatoms. The van der Waals surface area contributed by atoms with E-state index in [1.165, 1.54) is 6.33 Å². The molecular weight excluding hydrogens is 429 g/mol. The van der Waals surface area contributed by atoms with Crippen LogP contribution in [0.15, 0.2) is 24.7 Å². The van der Waals surface area contributed by atoms with Crippen molar-refractivity contribution < 1.29 is 9.90 Å². The van der Waals surface area contributed by atoms with Crippen LogP contribution in [0.25, 0.3) is 11.0 Å². The summed E-state index contributed by atoms with van der Waals surface area (Å²) in [6.07, 6.45) is 5.79. The highest BCUT2D eigenvalue weighted by atomic mass is 35.5. The zero-order valence-corrected chi connectivity index (χ0v) is 17.3. The van der Waals surface area contributed by atoms with Crippen LogP contribution in [-0.4, -0.2) is 37.1 Å². The van der Waals surface area contributed by atoms with Gasteiger partial charge in [0.2, 0.25) is 5.95 Å². The molecule has 1 aliphatic rings. The van der Waals surface area contributed by atoms with Crippen LogP contribution in [-0.2, 0) is 4.79 Å². The van der Waals surface area contributed by atoms with E-state index in [1.807, 2.05) is 0 Å². The molecule has 0 saturated heterocycles. The lowest BCUT2D eigenvalue weighted by atomic mass is 9.86. The van der Waals surface area contributed by atoms with Crippen LogP contribution >= 0.6 is 23.2 Å². The van der Waals surface area contributed by atoms with Gasteiger partial charge in [-0.3, -0.25) is 4.79 Å². The summed E-state index contributed by atoms with van der Waals surface area (Å²) in [5.41, 5.74) is 7.80. The molecule has 3 aromatic rings. The van der Waals surface area contributed by atoms with E-state index >= 15 is 0 Å². The van der Waals surface area contributed by atoms with Gasteiger partial charge < -0.3 is 21.5 Å². The average molecular weight is 448 g/mol. The van der Waals surface area contributed by atoms with E-state index in [4.69, 9.17) is 34.0 Å². The van der Waals surface area contributed by atoms with Gasteiger partial charge in [-0.25, -0.2) is 19.9 Å². The molecule has 0 spiro atoms. The minimum Gasteiger partial charge on any atom is -0.481 e. The third kappa shape index (κ3) is 4.31. The number of aliphatic carboxylic acids is 1. The summed E-state index contributed by atoms with van der Waals surface area (Å²) in [6.45, 7) is 0. The summed E-state index contributed by atoms with van der Waals surface area (Å²) < 4.78 is 0. The normalized spacial score (nSPS) is 18.9. The molecule has 0 amide bonds. The fraction of sp³-hybridized carbons (Fsp3) is 0.316. The van der Waals surface area contributed by atoms with Gasteiger partial charge in [-0.05, 0) is 37.8 Å². The number of fused-ring (bicyclic) bond motifs is 1. The van der Waals surface area contributed by atoms with Gasteiger partial charge in [-0.15, -0.1) is 0 Å². The van der Waals surface area contributed by atoms with Gasteiger partial charge in [-0.1, -0.05) is 23.2 Å². The number of nitrogens with two attached hydrogens (primary N) is 1. The van der Waals surface area contributed by atoms with Gasteiger partial charge in [0.25, 0.3) is 0 Å². The number of nitrogens with one attached hydrogen (secondary N) is 2. The SMILES string of the molecule is Nc1c(Cl)cc(Nc2ncnc3cnc(N[C@H]4CC[C@H](C(=O)O)CC4)nc23)cc1Cl. The Labute approximate surface area is 182 Å². The van der Waals surface area contributed by atoms with Crippen LogP contribution in [0.2, 0.25) is 10.0 Å². The van der Waals surface area contributed by atoms with E-state index in [1.54, 1.807) is 18.3 Å². The van der Waals surface area contributed by atoms with Crippen LogP contribution in [0.1, 0.15) is 25.7 Å². The number of nitrogens with zero attached hydrogens (tertiary/aromatic N) is 4. The molecule has 1 saturated carbocycles. The van der Waals surface area contributed by atoms with Crippen molar-refractivity contribution in [1.82, 2.24) is 19.9 Å². The highest BCUT2D eigenvalue weighted by molar-refractivity contribution is 6.39. The quantitative estimate of drug-likeness (QED) is 0.425. The van der Waals surface area contributed by atoms with Crippen LogP contribution in [0, 0.1) is 5.92 Å². The maximum atomic E-state index is 11.1. The minimum atomic E-state index is -0.730. The molecule has 4 rings (SSSR count). The first-order valence-electron chi connectivity index (χ1n) is 9.39. The Kier molecular flexibility index (Phi) is 5.74. The lowest BCUT2D eigenvalue weighted by Crippen LogP contribution is -2.29. The van der Waals surface area contributed by atoms with Crippen LogP contribution in [0.3, 0.4) is 0 Å². The van der Waals surface area contributed by atoms with Crippen LogP contribution in [0.5, 0.6) is 0 Å². The van der Waals surface area contributed by atoms with Crippen molar-refractivity contribution in [2.75, 3.05) is 16.4 Å². The number of aromatic nitrogens is 4. The second-order valence-electron chi connectivity index (χ2n) is 7.16. The summed E-state index contributed by atoms with van der Waals surface area (Å²) in [7, 11) is 0. The number of nitrogen functional groups attached to an aromatic ring is 1. The molecule has 1 fully saturated rings. The van der Waals surface area contributed by atoms with E-state index in [2.05, 4.69) is 30.6 Å². The molecule has 9 nitrogen and oxygen atoms in total. The predicted molar refractivity (Wildman–Crippen MR) is 116 cm³/mol. The molecule has 0 unspecified atom stereocenters. The van der Waals surface area contributed by atoms with Crippen molar-refractivity contribution in [3.05, 3.63) is 34.7 Å². The number of halogens is 2. The Morgan fingerprint density at radius 3 is 2.47 bits per heavy atom. The van der Waals surface area contributed by atoms with E-state index in [-0.39, 0.29) is 12.0 Å². The fourth-order valence-electron chi connectivity index (χ4n) is 3.48. The van der Waals surface area contributed by atoms with E-state index in [0.29, 0.717) is 57.1 Å². The highest BCUT2D eigenvalue weighted by Gasteiger charge is 2.26. The number of carboxylic acids is 1. The van der Waals surface area contributed by atoms with Gasteiger partial charge in [0, 0.05) is 11.7 Å². The Morgan fingerprint density at radius 2 is 1.80 bits per heavy atom. The van der Waals surface area contributed by atoms with Gasteiger partial charge >= 0.3 is 5.97 Å². The fourth-order valence-corrected chi connectivity index (χ4v) is 3.96. The number of carbonyl (C=O) groups is 1. The number of hydrogen-bond acceptors (Lipinski definition) is 8. The molecule has 2 heterocycles. The molecule has 1 aliphatic carbocycles. The molecule has 0 bridgehead atoms. The summed E-state index contributed by atoms with van der Waals surface area (Å²) in [5, 5.41) is 16.2. The minimum absolute atomic E-state index is 0.119. The Morgan fingerprint density at radius 1 is 1.10 bits per heavy atom. The highest BCUT2D eigenvalue weighted by Crippen LogP contribution is 2.33. The first-order chi connectivity index (χ1) is 14.4. The Hall–Kier alpha value is -2.91. The lowest BCUT2D eigenvalue weighted by molar-refractivity contribution is -0.142. The largest absolute Gasteiger partial charge is 0.481 e. The lowest BCUT2D eigenvalue weighted by Gasteiger charge is -2.26. The standard InChI is InChI=1S/C19H19Cl2N7O2/c20-12-5-11(6-13(21)15(12)22)26-17-16-14(24-8-25-17)7-23-19(28-16)27-10-3-1-9(2-4-10)18(29)30/h5-10H,1-4,22H2,(H,29,30)(H,23,27,28)(H,24,25,26)/t9-,10-. The van der Waals surface area contributed by atoms with Crippen molar-refractivity contribution >= 4 is 63.3 Å². The molecule has 2 aromatic heterocycles. The molecule has 0 aliphatic heterocycles. The second-order valence-corrected chi connectivity index (χ2v) is 7.97. The molecule has 156 valence electrons. The molecule has 0 radical (unpaired) electrons.